The molecule has 2 aliphatic rings. The number of piperidine rings is 1. The third-order valence-electron chi connectivity index (χ3n) is 4.70. The molecule has 1 aromatic heterocycles. The molecule has 0 aromatic carbocycles. The third kappa shape index (κ3) is 2.39. The standard InChI is InChI=1S/C15H20N4O2/c1-2-12-15(7-4-13(20)18-15)6-3-9-19(12)14(21)11-5-8-16-17-10-11/h5,8,10,12H,2-4,6-7,9H2,1H3,(H,18,20)/t12-,15-/m0/s1. The SMILES string of the molecule is CC[C@@H]1N(C(=O)c2ccnnc2)CCC[C@]12CCC(=O)N2. The molecule has 1 spiro atoms. The smallest absolute Gasteiger partial charge is 0.255 e. The molecule has 2 amide bonds. The topological polar surface area (TPSA) is 75.2 Å². The molecule has 6 heteroatoms. The maximum atomic E-state index is 12.7. The van der Waals surface area contributed by atoms with E-state index < -0.39 is 0 Å². The van der Waals surface area contributed by atoms with Crippen molar-refractivity contribution in [2.24, 2.45) is 0 Å². The Hall–Kier alpha value is -1.98. The van der Waals surface area contributed by atoms with E-state index in [9.17, 15) is 9.59 Å². The summed E-state index contributed by atoms with van der Waals surface area (Å²) in [5.74, 6) is 0.0882. The summed E-state index contributed by atoms with van der Waals surface area (Å²) in [6.45, 7) is 2.81. The molecule has 2 saturated heterocycles. The Morgan fingerprint density at radius 1 is 1.48 bits per heavy atom. The van der Waals surface area contributed by atoms with Gasteiger partial charge in [-0.2, -0.15) is 10.2 Å². The number of carbonyl (C=O) groups excluding carboxylic acids is 2. The summed E-state index contributed by atoms with van der Waals surface area (Å²) in [4.78, 5) is 26.3. The fraction of sp³-hybridized carbons (Fsp3) is 0.600. The van der Waals surface area contributed by atoms with Gasteiger partial charge < -0.3 is 10.2 Å². The Bertz CT molecular complexity index is 548. The molecular formula is C15H20N4O2. The van der Waals surface area contributed by atoms with Crippen molar-refractivity contribution in [2.45, 2.75) is 50.6 Å². The molecule has 0 saturated carbocycles. The van der Waals surface area contributed by atoms with Gasteiger partial charge in [-0.1, -0.05) is 6.92 Å². The van der Waals surface area contributed by atoms with E-state index in [2.05, 4.69) is 22.4 Å². The van der Waals surface area contributed by atoms with Gasteiger partial charge >= 0.3 is 0 Å². The third-order valence-corrected chi connectivity index (χ3v) is 4.70. The average Bonchev–Trinajstić information content (AvgIpc) is 2.88. The van der Waals surface area contributed by atoms with E-state index in [-0.39, 0.29) is 23.4 Å². The van der Waals surface area contributed by atoms with E-state index >= 15 is 0 Å². The lowest BCUT2D eigenvalue weighted by molar-refractivity contribution is -0.120. The zero-order valence-electron chi connectivity index (χ0n) is 12.2. The first-order chi connectivity index (χ1) is 10.2. The molecule has 21 heavy (non-hydrogen) atoms. The minimum Gasteiger partial charge on any atom is -0.349 e. The van der Waals surface area contributed by atoms with Crippen LogP contribution in [0, 0.1) is 0 Å². The highest BCUT2D eigenvalue weighted by Gasteiger charge is 2.49. The van der Waals surface area contributed by atoms with E-state index in [1.54, 1.807) is 6.07 Å². The number of carbonyl (C=O) groups is 2. The van der Waals surface area contributed by atoms with Gasteiger partial charge in [-0.25, -0.2) is 0 Å². The van der Waals surface area contributed by atoms with Crippen LogP contribution in [0.1, 0.15) is 49.4 Å². The summed E-state index contributed by atoms with van der Waals surface area (Å²) in [6, 6.07) is 1.75. The van der Waals surface area contributed by atoms with Crippen LogP contribution < -0.4 is 5.32 Å². The van der Waals surface area contributed by atoms with E-state index in [0.29, 0.717) is 12.0 Å². The van der Waals surface area contributed by atoms with Crippen LogP contribution in [0.2, 0.25) is 0 Å². The Morgan fingerprint density at radius 3 is 2.95 bits per heavy atom. The number of nitrogens with one attached hydrogen (secondary N) is 1. The number of rotatable bonds is 2. The number of hydrogen-bond acceptors (Lipinski definition) is 4. The van der Waals surface area contributed by atoms with Crippen LogP contribution in [0.5, 0.6) is 0 Å². The van der Waals surface area contributed by atoms with Crippen LogP contribution in [-0.2, 0) is 4.79 Å². The van der Waals surface area contributed by atoms with Gasteiger partial charge in [-0.05, 0) is 31.7 Å². The lowest BCUT2D eigenvalue weighted by atomic mass is 9.78. The van der Waals surface area contributed by atoms with Crippen molar-refractivity contribution in [1.29, 1.82) is 0 Å². The Morgan fingerprint density at radius 2 is 2.33 bits per heavy atom. The molecule has 2 atom stereocenters. The molecule has 2 aliphatic heterocycles. The Labute approximate surface area is 123 Å². The van der Waals surface area contributed by atoms with E-state index in [0.717, 1.165) is 32.2 Å². The second-order valence-electron chi connectivity index (χ2n) is 5.86. The maximum absolute atomic E-state index is 12.7. The van der Waals surface area contributed by atoms with Crippen LogP contribution in [-0.4, -0.2) is 45.0 Å². The van der Waals surface area contributed by atoms with Crippen LogP contribution in [0.25, 0.3) is 0 Å². The summed E-state index contributed by atoms with van der Waals surface area (Å²) in [6.07, 6.45) is 7.13. The van der Waals surface area contributed by atoms with Crippen molar-refractivity contribution in [1.82, 2.24) is 20.4 Å². The molecule has 3 heterocycles. The second kappa shape index (κ2) is 5.42. The molecule has 3 rings (SSSR count). The monoisotopic (exact) mass is 288 g/mol. The zero-order valence-corrected chi connectivity index (χ0v) is 12.2. The highest BCUT2D eigenvalue weighted by atomic mass is 16.2. The minimum atomic E-state index is -0.236. The number of amides is 2. The molecule has 0 bridgehead atoms. The molecule has 6 nitrogen and oxygen atoms in total. The first kappa shape index (κ1) is 14.0. The summed E-state index contributed by atoms with van der Waals surface area (Å²) < 4.78 is 0. The fourth-order valence-electron chi connectivity index (χ4n) is 3.80. The number of nitrogens with zero attached hydrogens (tertiary/aromatic N) is 3. The van der Waals surface area contributed by atoms with Gasteiger partial charge in [0.15, 0.2) is 0 Å². The molecule has 0 unspecified atom stereocenters. The summed E-state index contributed by atoms with van der Waals surface area (Å²) in [5.41, 5.74) is 0.324. The van der Waals surface area contributed by atoms with Gasteiger partial charge in [-0.3, -0.25) is 9.59 Å². The summed E-state index contributed by atoms with van der Waals surface area (Å²) >= 11 is 0. The number of likely N-dealkylation sites (tertiary alicyclic amines) is 1. The Balaban J connectivity index is 1.88. The maximum Gasteiger partial charge on any atom is 0.255 e. The van der Waals surface area contributed by atoms with Crippen LogP contribution in [0.4, 0.5) is 0 Å². The lowest BCUT2D eigenvalue weighted by Gasteiger charge is -2.48. The van der Waals surface area contributed by atoms with Crippen molar-refractivity contribution in [3.05, 3.63) is 24.0 Å². The fourth-order valence-corrected chi connectivity index (χ4v) is 3.80. The predicted molar refractivity (Wildman–Crippen MR) is 76.5 cm³/mol. The van der Waals surface area contributed by atoms with E-state index in [4.69, 9.17) is 0 Å². The van der Waals surface area contributed by atoms with Crippen molar-refractivity contribution >= 4 is 11.8 Å². The Kier molecular flexibility index (Phi) is 3.61. The van der Waals surface area contributed by atoms with Crippen molar-refractivity contribution < 1.29 is 9.59 Å². The molecule has 1 N–H and O–H groups in total. The van der Waals surface area contributed by atoms with Gasteiger partial charge in [0.1, 0.15) is 0 Å². The predicted octanol–water partition coefficient (Wildman–Crippen LogP) is 1.14. The molecule has 1 aromatic rings. The second-order valence-corrected chi connectivity index (χ2v) is 5.86. The van der Waals surface area contributed by atoms with Gasteiger partial charge in [0.05, 0.1) is 29.5 Å². The van der Waals surface area contributed by atoms with Crippen LogP contribution in [0.3, 0.4) is 0 Å². The first-order valence-electron chi connectivity index (χ1n) is 7.55. The summed E-state index contributed by atoms with van der Waals surface area (Å²) in [7, 11) is 0. The molecule has 0 aliphatic carbocycles. The van der Waals surface area contributed by atoms with Gasteiger partial charge in [0.25, 0.3) is 5.91 Å². The van der Waals surface area contributed by atoms with E-state index in [1.165, 1.54) is 12.4 Å². The van der Waals surface area contributed by atoms with Gasteiger partial charge in [-0.15, -0.1) is 0 Å². The normalized spacial score (nSPS) is 28.7. The first-order valence-corrected chi connectivity index (χ1v) is 7.55. The van der Waals surface area contributed by atoms with Gasteiger partial charge in [0, 0.05) is 13.0 Å². The van der Waals surface area contributed by atoms with Crippen molar-refractivity contribution in [3.63, 3.8) is 0 Å². The molecule has 0 radical (unpaired) electrons. The number of aromatic nitrogens is 2. The lowest BCUT2D eigenvalue weighted by Crippen LogP contribution is -2.63. The van der Waals surface area contributed by atoms with E-state index in [1.807, 2.05) is 4.90 Å². The van der Waals surface area contributed by atoms with Crippen molar-refractivity contribution in [2.75, 3.05) is 6.54 Å². The highest BCUT2D eigenvalue weighted by molar-refractivity contribution is 5.94. The van der Waals surface area contributed by atoms with Crippen LogP contribution in [0.15, 0.2) is 18.5 Å². The quantitative estimate of drug-likeness (QED) is 0.885. The minimum absolute atomic E-state index is 0.0167. The van der Waals surface area contributed by atoms with Crippen molar-refractivity contribution in [3.8, 4) is 0 Å². The van der Waals surface area contributed by atoms with Gasteiger partial charge in [0.2, 0.25) is 5.91 Å². The molecule has 112 valence electrons. The molecule has 2 fully saturated rings. The number of hydrogen-bond donors (Lipinski definition) is 1. The summed E-state index contributed by atoms with van der Waals surface area (Å²) in [5, 5.41) is 10.6. The zero-order chi connectivity index (χ0) is 14.9. The largest absolute Gasteiger partial charge is 0.349 e. The average molecular weight is 288 g/mol. The van der Waals surface area contributed by atoms with Crippen LogP contribution >= 0.6 is 0 Å². The highest BCUT2D eigenvalue weighted by Crippen LogP contribution is 2.37. The molecular weight excluding hydrogens is 268 g/mol.